The summed E-state index contributed by atoms with van der Waals surface area (Å²) in [4.78, 5) is 0. The molecular weight excluding hydrogens is 161 g/mol. The van der Waals surface area contributed by atoms with E-state index in [2.05, 4.69) is 0 Å². The number of benzene rings is 1. The van der Waals surface area contributed by atoms with E-state index in [1.807, 2.05) is 0 Å². The van der Waals surface area contributed by atoms with Crippen LogP contribution in [0.3, 0.4) is 0 Å². The number of aromatic hydroxyl groups is 2. The van der Waals surface area contributed by atoms with Gasteiger partial charge in [-0.3, -0.25) is 0 Å². The molecule has 3 nitrogen and oxygen atoms in total. The summed E-state index contributed by atoms with van der Waals surface area (Å²) in [6, 6.07) is 1.53. The Morgan fingerprint density at radius 1 is 1.33 bits per heavy atom. The fraction of sp³-hybridized carbons (Fsp3) is 0.250. The molecule has 1 rings (SSSR count). The molecular formula is C8H10FNO2. The molecule has 0 bridgehead atoms. The molecule has 12 heavy (non-hydrogen) atoms. The fourth-order valence-corrected chi connectivity index (χ4v) is 0.932. The zero-order valence-corrected chi connectivity index (χ0v) is 6.58. The Kier molecular flexibility index (Phi) is 2.19. The average Bonchev–Trinajstić information content (AvgIpc) is 1.96. The van der Waals surface area contributed by atoms with E-state index in [0.717, 1.165) is 12.1 Å². The fourth-order valence-electron chi connectivity index (χ4n) is 0.932. The van der Waals surface area contributed by atoms with Gasteiger partial charge in [0.25, 0.3) is 0 Å². The highest BCUT2D eigenvalue weighted by Gasteiger charge is 2.10. The monoisotopic (exact) mass is 171 g/mol. The SMILES string of the molecule is CC(N)c1cc(O)c(F)cc1O. The van der Waals surface area contributed by atoms with Gasteiger partial charge in [0.2, 0.25) is 0 Å². The highest BCUT2D eigenvalue weighted by Crippen LogP contribution is 2.29. The molecule has 0 spiro atoms. The molecule has 0 amide bonds. The number of halogens is 1. The topological polar surface area (TPSA) is 66.5 Å². The second-order valence-corrected chi connectivity index (χ2v) is 2.65. The van der Waals surface area contributed by atoms with Crippen molar-refractivity contribution in [1.82, 2.24) is 0 Å². The molecule has 0 aliphatic carbocycles. The van der Waals surface area contributed by atoms with Crippen molar-refractivity contribution < 1.29 is 14.6 Å². The van der Waals surface area contributed by atoms with Crippen molar-refractivity contribution in [2.24, 2.45) is 5.73 Å². The molecule has 0 heterocycles. The second kappa shape index (κ2) is 2.98. The minimum absolute atomic E-state index is 0.236. The van der Waals surface area contributed by atoms with Gasteiger partial charge in [-0.2, -0.15) is 0 Å². The van der Waals surface area contributed by atoms with E-state index in [4.69, 9.17) is 15.9 Å². The summed E-state index contributed by atoms with van der Waals surface area (Å²) in [5.74, 6) is -1.59. The maximum Gasteiger partial charge on any atom is 0.168 e. The molecule has 1 aromatic rings. The maximum absolute atomic E-state index is 12.6. The summed E-state index contributed by atoms with van der Waals surface area (Å²) in [7, 11) is 0. The van der Waals surface area contributed by atoms with Gasteiger partial charge in [0.05, 0.1) is 0 Å². The van der Waals surface area contributed by atoms with Gasteiger partial charge in [-0.15, -0.1) is 0 Å². The minimum atomic E-state index is -0.850. The van der Waals surface area contributed by atoms with Crippen molar-refractivity contribution in [2.45, 2.75) is 13.0 Å². The van der Waals surface area contributed by atoms with Gasteiger partial charge in [-0.1, -0.05) is 0 Å². The Bertz CT molecular complexity index is 299. The normalized spacial score (nSPS) is 12.9. The molecule has 0 saturated carbocycles. The third kappa shape index (κ3) is 1.48. The first kappa shape index (κ1) is 8.80. The molecule has 0 saturated heterocycles. The van der Waals surface area contributed by atoms with E-state index in [1.165, 1.54) is 0 Å². The van der Waals surface area contributed by atoms with Crippen LogP contribution in [0.5, 0.6) is 11.5 Å². The Labute approximate surface area is 69.3 Å². The summed E-state index contributed by atoms with van der Waals surface area (Å²) in [6.45, 7) is 1.63. The summed E-state index contributed by atoms with van der Waals surface area (Å²) < 4.78 is 12.6. The smallest absolute Gasteiger partial charge is 0.168 e. The Morgan fingerprint density at radius 2 is 1.92 bits per heavy atom. The van der Waals surface area contributed by atoms with Crippen LogP contribution in [0.4, 0.5) is 4.39 Å². The van der Waals surface area contributed by atoms with Crippen LogP contribution >= 0.6 is 0 Å². The molecule has 1 aromatic carbocycles. The Hall–Kier alpha value is -1.29. The summed E-state index contributed by atoms with van der Waals surface area (Å²) in [6.07, 6.45) is 0. The van der Waals surface area contributed by atoms with Crippen molar-refractivity contribution in [3.05, 3.63) is 23.5 Å². The predicted octanol–water partition coefficient (Wildman–Crippen LogP) is 1.26. The first-order chi connectivity index (χ1) is 5.52. The molecule has 0 aromatic heterocycles. The van der Waals surface area contributed by atoms with Gasteiger partial charge in [-0.25, -0.2) is 4.39 Å². The summed E-state index contributed by atoms with van der Waals surface area (Å²) in [5, 5.41) is 18.1. The largest absolute Gasteiger partial charge is 0.507 e. The predicted molar refractivity (Wildman–Crippen MR) is 42.3 cm³/mol. The van der Waals surface area contributed by atoms with E-state index >= 15 is 0 Å². The average molecular weight is 171 g/mol. The van der Waals surface area contributed by atoms with Crippen LogP contribution in [0.25, 0.3) is 0 Å². The second-order valence-electron chi connectivity index (χ2n) is 2.65. The molecule has 0 aliphatic rings. The molecule has 0 fully saturated rings. The third-order valence-electron chi connectivity index (χ3n) is 1.59. The number of hydrogen-bond donors (Lipinski definition) is 3. The van der Waals surface area contributed by atoms with Crippen LogP contribution in [-0.4, -0.2) is 10.2 Å². The van der Waals surface area contributed by atoms with Gasteiger partial charge < -0.3 is 15.9 Å². The number of rotatable bonds is 1. The van der Waals surface area contributed by atoms with Crippen molar-refractivity contribution >= 4 is 0 Å². The molecule has 1 unspecified atom stereocenters. The number of phenolic OH excluding ortho intramolecular Hbond substituents is 2. The van der Waals surface area contributed by atoms with Crippen molar-refractivity contribution in [3.63, 3.8) is 0 Å². The van der Waals surface area contributed by atoms with Crippen LogP contribution in [-0.2, 0) is 0 Å². The molecule has 0 aliphatic heterocycles. The van der Waals surface area contributed by atoms with Crippen LogP contribution in [0, 0.1) is 5.82 Å². The highest BCUT2D eigenvalue weighted by molar-refractivity contribution is 5.41. The molecule has 4 heteroatoms. The summed E-state index contributed by atoms with van der Waals surface area (Å²) in [5.41, 5.74) is 5.77. The van der Waals surface area contributed by atoms with Gasteiger partial charge in [0.15, 0.2) is 11.6 Å². The Morgan fingerprint density at radius 3 is 2.42 bits per heavy atom. The van der Waals surface area contributed by atoms with Gasteiger partial charge in [0, 0.05) is 17.7 Å². The molecule has 0 radical (unpaired) electrons. The van der Waals surface area contributed by atoms with Gasteiger partial charge >= 0.3 is 0 Å². The Balaban J connectivity index is 3.23. The zero-order valence-electron chi connectivity index (χ0n) is 6.58. The lowest BCUT2D eigenvalue weighted by Crippen LogP contribution is -2.05. The van der Waals surface area contributed by atoms with Gasteiger partial charge in [0.1, 0.15) is 5.75 Å². The zero-order chi connectivity index (χ0) is 9.30. The number of hydrogen-bond acceptors (Lipinski definition) is 3. The molecule has 4 N–H and O–H groups in total. The van der Waals surface area contributed by atoms with Crippen molar-refractivity contribution in [3.8, 4) is 11.5 Å². The first-order valence-electron chi connectivity index (χ1n) is 3.49. The number of phenols is 2. The van der Waals surface area contributed by atoms with Crippen LogP contribution in [0.1, 0.15) is 18.5 Å². The lowest BCUT2D eigenvalue weighted by atomic mass is 10.1. The lowest BCUT2D eigenvalue weighted by Gasteiger charge is -2.08. The summed E-state index contributed by atoms with van der Waals surface area (Å²) >= 11 is 0. The first-order valence-corrected chi connectivity index (χ1v) is 3.49. The van der Waals surface area contributed by atoms with E-state index < -0.39 is 17.6 Å². The van der Waals surface area contributed by atoms with E-state index in [1.54, 1.807) is 6.92 Å². The molecule has 66 valence electrons. The van der Waals surface area contributed by atoms with E-state index in [9.17, 15) is 4.39 Å². The van der Waals surface area contributed by atoms with Crippen LogP contribution < -0.4 is 5.73 Å². The van der Waals surface area contributed by atoms with Crippen LogP contribution in [0.15, 0.2) is 12.1 Å². The molecule has 1 atom stereocenters. The van der Waals surface area contributed by atoms with Gasteiger partial charge in [-0.05, 0) is 13.0 Å². The standard InChI is InChI=1S/C8H10FNO2/c1-4(10)5-2-8(12)6(9)3-7(5)11/h2-4,11-12H,10H2,1H3. The maximum atomic E-state index is 12.6. The van der Waals surface area contributed by atoms with Crippen molar-refractivity contribution in [1.29, 1.82) is 0 Å². The van der Waals surface area contributed by atoms with Crippen LogP contribution in [0.2, 0.25) is 0 Å². The quantitative estimate of drug-likeness (QED) is 0.557. The minimum Gasteiger partial charge on any atom is -0.507 e. The third-order valence-corrected chi connectivity index (χ3v) is 1.59. The van der Waals surface area contributed by atoms with E-state index in [-0.39, 0.29) is 5.75 Å². The number of nitrogens with two attached hydrogens (primary N) is 1. The van der Waals surface area contributed by atoms with Crippen molar-refractivity contribution in [2.75, 3.05) is 0 Å². The van der Waals surface area contributed by atoms with E-state index in [0.29, 0.717) is 5.56 Å². The lowest BCUT2D eigenvalue weighted by molar-refractivity contribution is 0.416. The highest BCUT2D eigenvalue weighted by atomic mass is 19.1.